The normalized spacial score (nSPS) is 15.2. The molecule has 29 heavy (non-hydrogen) atoms. The van der Waals surface area contributed by atoms with Gasteiger partial charge in [-0.3, -0.25) is 9.69 Å². The van der Waals surface area contributed by atoms with Crippen molar-refractivity contribution in [3.8, 4) is 0 Å². The van der Waals surface area contributed by atoms with Crippen LogP contribution in [-0.2, 0) is 15.7 Å². The summed E-state index contributed by atoms with van der Waals surface area (Å²) in [5, 5.41) is 4.38. The number of nitrogens with one attached hydrogen (secondary N) is 1. The topological polar surface area (TPSA) is 58.6 Å². The first-order valence-corrected chi connectivity index (χ1v) is 9.97. The van der Waals surface area contributed by atoms with Gasteiger partial charge in [-0.15, -0.1) is 11.3 Å². The zero-order valence-electron chi connectivity index (χ0n) is 16.0. The Bertz CT molecular complexity index is 893. The molecule has 1 aliphatic rings. The maximum Gasteiger partial charge on any atom is 0.416 e. The number of nitrogens with zero attached hydrogens (tertiary/aromatic N) is 1. The second-order valence-electron chi connectivity index (χ2n) is 6.91. The summed E-state index contributed by atoms with van der Waals surface area (Å²) in [5.74, 6) is -0.869. The Balaban J connectivity index is 1.73. The first kappa shape index (κ1) is 21.3. The molecule has 1 aromatic heterocycles. The highest BCUT2D eigenvalue weighted by Gasteiger charge is 2.36. The van der Waals surface area contributed by atoms with Crippen molar-refractivity contribution in [3.63, 3.8) is 0 Å². The van der Waals surface area contributed by atoms with Crippen molar-refractivity contribution in [2.24, 2.45) is 0 Å². The van der Waals surface area contributed by atoms with E-state index < -0.39 is 17.7 Å². The van der Waals surface area contributed by atoms with Crippen LogP contribution in [0.4, 0.5) is 18.9 Å². The van der Waals surface area contributed by atoms with E-state index in [1.807, 2.05) is 4.90 Å². The molecule has 156 valence electrons. The van der Waals surface area contributed by atoms with Gasteiger partial charge in [-0.1, -0.05) is 12.1 Å². The Morgan fingerprint density at radius 3 is 2.66 bits per heavy atom. The monoisotopic (exact) mass is 426 g/mol. The van der Waals surface area contributed by atoms with Gasteiger partial charge >= 0.3 is 12.1 Å². The largest absolute Gasteiger partial charge is 0.465 e. The van der Waals surface area contributed by atoms with Gasteiger partial charge in [-0.2, -0.15) is 13.2 Å². The van der Waals surface area contributed by atoms with E-state index in [4.69, 9.17) is 4.74 Å². The van der Waals surface area contributed by atoms with Gasteiger partial charge in [0.1, 0.15) is 4.88 Å². The minimum absolute atomic E-state index is 0.0124. The molecule has 9 heteroatoms. The summed E-state index contributed by atoms with van der Waals surface area (Å²) in [7, 11) is 1.26. The number of alkyl halides is 3. The lowest BCUT2D eigenvalue weighted by Gasteiger charge is -2.29. The van der Waals surface area contributed by atoms with Crippen LogP contribution in [-0.4, -0.2) is 36.5 Å². The fourth-order valence-electron chi connectivity index (χ4n) is 3.17. The van der Waals surface area contributed by atoms with Crippen LogP contribution < -0.4 is 5.32 Å². The average molecular weight is 426 g/mol. The van der Waals surface area contributed by atoms with Gasteiger partial charge < -0.3 is 10.1 Å². The number of ether oxygens (including phenoxy) is 1. The van der Waals surface area contributed by atoms with Crippen LogP contribution >= 0.6 is 11.3 Å². The third kappa shape index (κ3) is 5.16. The van der Waals surface area contributed by atoms with E-state index >= 15 is 0 Å². The van der Waals surface area contributed by atoms with Crippen LogP contribution in [0.1, 0.15) is 46.6 Å². The molecule has 3 rings (SSSR count). The standard InChI is InChI=1S/C20H21F3N2O3S/c1-12(13-4-3-5-14(10-13)20(21,22)23)25(15-6-7-15)11-17(26)24-16-8-9-29-18(16)19(27)28-2/h3-5,8-10,12,15H,6-7,11H2,1-2H3,(H,24,26). The zero-order chi connectivity index (χ0) is 21.2. The van der Waals surface area contributed by atoms with Crippen molar-refractivity contribution >= 4 is 28.9 Å². The van der Waals surface area contributed by atoms with Gasteiger partial charge in [0.05, 0.1) is 24.9 Å². The molecule has 1 saturated carbocycles. The van der Waals surface area contributed by atoms with Crippen molar-refractivity contribution in [3.05, 3.63) is 51.7 Å². The van der Waals surface area contributed by atoms with E-state index in [1.165, 1.54) is 13.2 Å². The lowest BCUT2D eigenvalue weighted by Crippen LogP contribution is -2.37. The smallest absolute Gasteiger partial charge is 0.416 e. The predicted molar refractivity (Wildman–Crippen MR) is 104 cm³/mol. The molecule has 0 radical (unpaired) electrons. The van der Waals surface area contributed by atoms with Crippen LogP contribution in [0, 0.1) is 0 Å². The number of thiophene rings is 1. The SMILES string of the molecule is COC(=O)c1sccc1NC(=O)CN(C1CC1)C(C)c1cccc(C(F)(F)F)c1. The Morgan fingerprint density at radius 2 is 2.03 bits per heavy atom. The van der Waals surface area contributed by atoms with Crippen molar-refractivity contribution < 1.29 is 27.5 Å². The van der Waals surface area contributed by atoms with Gasteiger partial charge in [0.25, 0.3) is 0 Å². The number of amides is 1. The Hall–Kier alpha value is -2.39. The van der Waals surface area contributed by atoms with E-state index in [0.29, 0.717) is 16.1 Å². The lowest BCUT2D eigenvalue weighted by molar-refractivity contribution is -0.137. The van der Waals surface area contributed by atoms with Gasteiger partial charge in [0.15, 0.2) is 0 Å². The number of carbonyl (C=O) groups is 2. The Kier molecular flexibility index (Phi) is 6.28. The van der Waals surface area contributed by atoms with Gasteiger partial charge in [0, 0.05) is 12.1 Å². The van der Waals surface area contributed by atoms with E-state index in [2.05, 4.69) is 5.32 Å². The number of hydrogen-bond acceptors (Lipinski definition) is 5. The molecular weight excluding hydrogens is 405 g/mol. The number of benzene rings is 1. The summed E-state index contributed by atoms with van der Waals surface area (Å²) in [5.41, 5.74) is 0.169. The van der Waals surface area contributed by atoms with E-state index in [1.54, 1.807) is 24.4 Å². The van der Waals surface area contributed by atoms with Crippen molar-refractivity contribution in [2.45, 2.75) is 38.0 Å². The third-order valence-corrected chi connectivity index (χ3v) is 5.74. The highest BCUT2D eigenvalue weighted by Crippen LogP contribution is 2.36. The summed E-state index contributed by atoms with van der Waals surface area (Å²) in [6.07, 6.45) is -2.63. The van der Waals surface area contributed by atoms with Crippen LogP contribution in [0.15, 0.2) is 35.7 Å². The molecule has 0 aliphatic heterocycles. The number of esters is 1. The van der Waals surface area contributed by atoms with Crippen molar-refractivity contribution in [2.75, 3.05) is 19.0 Å². The Morgan fingerprint density at radius 1 is 1.31 bits per heavy atom. The number of carbonyl (C=O) groups excluding carboxylic acids is 2. The minimum Gasteiger partial charge on any atom is -0.465 e. The average Bonchev–Trinajstić information content (AvgIpc) is 3.43. The first-order valence-electron chi connectivity index (χ1n) is 9.09. The minimum atomic E-state index is -4.42. The van der Waals surface area contributed by atoms with Gasteiger partial charge in [-0.05, 0) is 48.9 Å². The summed E-state index contributed by atoms with van der Waals surface area (Å²) in [6, 6.07) is 6.59. The first-order chi connectivity index (χ1) is 13.7. The molecule has 1 atom stereocenters. The van der Waals surface area contributed by atoms with Gasteiger partial charge in [0.2, 0.25) is 5.91 Å². The molecule has 1 unspecified atom stereocenters. The molecule has 1 heterocycles. The number of anilines is 1. The number of rotatable bonds is 7. The van der Waals surface area contributed by atoms with Gasteiger partial charge in [-0.25, -0.2) is 4.79 Å². The quantitative estimate of drug-likeness (QED) is 0.651. The number of hydrogen-bond donors (Lipinski definition) is 1. The number of halogens is 3. The summed E-state index contributed by atoms with van der Waals surface area (Å²) >= 11 is 1.16. The molecule has 1 aliphatic carbocycles. The van der Waals surface area contributed by atoms with Crippen molar-refractivity contribution in [1.29, 1.82) is 0 Å². The second kappa shape index (κ2) is 8.54. The summed E-state index contributed by atoms with van der Waals surface area (Å²) in [4.78, 5) is 26.5. The van der Waals surface area contributed by atoms with E-state index in [9.17, 15) is 22.8 Å². The van der Waals surface area contributed by atoms with Crippen LogP contribution in [0.5, 0.6) is 0 Å². The van der Waals surface area contributed by atoms with E-state index in [0.717, 1.165) is 36.3 Å². The Labute approximate surface area is 170 Å². The molecule has 0 bridgehead atoms. The predicted octanol–water partition coefficient (Wildman–Crippen LogP) is 4.72. The van der Waals surface area contributed by atoms with E-state index in [-0.39, 0.29) is 24.5 Å². The highest BCUT2D eigenvalue weighted by molar-refractivity contribution is 7.12. The lowest BCUT2D eigenvalue weighted by atomic mass is 10.0. The fraction of sp³-hybridized carbons (Fsp3) is 0.400. The highest BCUT2D eigenvalue weighted by atomic mass is 32.1. The zero-order valence-corrected chi connectivity index (χ0v) is 16.8. The maximum absolute atomic E-state index is 13.0. The molecule has 0 saturated heterocycles. The summed E-state index contributed by atoms with van der Waals surface area (Å²) < 4.78 is 43.8. The van der Waals surface area contributed by atoms with Crippen LogP contribution in [0.2, 0.25) is 0 Å². The molecule has 1 fully saturated rings. The molecule has 1 N–H and O–H groups in total. The molecule has 5 nitrogen and oxygen atoms in total. The van der Waals surface area contributed by atoms with Crippen LogP contribution in [0.25, 0.3) is 0 Å². The van der Waals surface area contributed by atoms with Crippen LogP contribution in [0.3, 0.4) is 0 Å². The third-order valence-electron chi connectivity index (χ3n) is 4.85. The molecular formula is C20H21F3N2O3S. The second-order valence-corrected chi connectivity index (χ2v) is 7.82. The fourth-order valence-corrected chi connectivity index (χ4v) is 3.93. The molecule has 1 aromatic carbocycles. The molecule has 2 aromatic rings. The molecule has 0 spiro atoms. The number of methoxy groups -OCH3 is 1. The molecule has 1 amide bonds. The summed E-state index contributed by atoms with van der Waals surface area (Å²) in [6.45, 7) is 1.81. The maximum atomic E-state index is 13.0. The van der Waals surface area contributed by atoms with Crippen molar-refractivity contribution in [1.82, 2.24) is 4.90 Å².